The maximum atomic E-state index is 13.0. The Morgan fingerprint density at radius 3 is 2.43 bits per heavy atom. The highest BCUT2D eigenvalue weighted by molar-refractivity contribution is 6.18. The minimum absolute atomic E-state index is 0.0278. The fourth-order valence-corrected chi connectivity index (χ4v) is 17.9. The normalized spacial score (nSPS) is 36.1. The molecule has 13 aliphatic carbocycles. The van der Waals surface area contributed by atoms with Crippen LogP contribution in [0.15, 0.2) is 96.6 Å². The molecular weight excluding hydrogens is 657 g/mol. The summed E-state index contributed by atoms with van der Waals surface area (Å²) in [6, 6.07) is 21.8. The SMILES string of the molecule is O=C(CO)CCCC1(c2ccccc2)C23c4c5c6c7c8c4C4C9=C8C=CC7C7C=CC8=c%10ccc%11c%12c(c2c-5c(c%10%12)=C8C67)=c2c5c(ccc2=%11)C(C=C9)C4C513. The molecule has 0 aromatic heterocycles. The van der Waals surface area contributed by atoms with Gasteiger partial charge in [-0.3, -0.25) is 4.79 Å². The van der Waals surface area contributed by atoms with Gasteiger partial charge in [0.05, 0.1) is 0 Å². The van der Waals surface area contributed by atoms with Crippen molar-refractivity contribution in [2.45, 2.75) is 59.2 Å². The molecule has 2 heteroatoms. The summed E-state index contributed by atoms with van der Waals surface area (Å²) in [5, 5.41) is 22.2. The highest BCUT2D eigenvalue weighted by Gasteiger charge is 2.97. The Bertz CT molecular complexity index is 3580. The minimum Gasteiger partial charge on any atom is -0.389 e. The molecule has 1 fully saturated rings. The quantitative estimate of drug-likeness (QED) is 0.199. The number of carbonyl (C=O) groups excluding carboxylic acids is 1. The van der Waals surface area contributed by atoms with E-state index in [-0.39, 0.29) is 28.6 Å². The van der Waals surface area contributed by atoms with E-state index in [1.54, 1.807) is 87.8 Å². The third-order valence-electron chi connectivity index (χ3n) is 18.4. The van der Waals surface area contributed by atoms with Gasteiger partial charge < -0.3 is 5.11 Å². The van der Waals surface area contributed by atoms with Crippen LogP contribution in [0.3, 0.4) is 0 Å². The standard InChI is InChI=1S/C52H30O2/c53-19-21(54)7-4-18-50(20-5-2-1-3-6-20)51-46-30-16-14-28-26-12-10-24-22-8-9-23-25-11-13-27-29-15-17-31(30)47(51)39(29)43-37(27)35(25)41-33(23)32(22)40-34(24)36(26)42(38(28)46)48-44(40)45(41)49(43)52(48,50)51/h1-3,5-6,8-17,22,24,30,32,38,46,53H,4,7,18-19H2. The summed E-state index contributed by atoms with van der Waals surface area (Å²) in [4.78, 5) is 13.0. The third-order valence-corrected chi connectivity index (χ3v) is 18.4. The predicted octanol–water partition coefficient (Wildman–Crippen LogP) is 7.34. The van der Waals surface area contributed by atoms with Crippen LogP contribution < -0.4 is 10.4 Å². The molecule has 2 spiro atoms. The zero-order chi connectivity index (χ0) is 34.3. The van der Waals surface area contributed by atoms with E-state index in [1.165, 1.54) is 37.8 Å². The van der Waals surface area contributed by atoms with Crippen LogP contribution >= 0.6 is 0 Å². The van der Waals surface area contributed by atoms with Crippen LogP contribution in [0.25, 0.3) is 38.6 Å². The molecule has 5 aromatic carbocycles. The molecule has 0 bridgehead atoms. The van der Waals surface area contributed by atoms with E-state index in [2.05, 4.69) is 91.1 Å². The van der Waals surface area contributed by atoms with Crippen LogP contribution in [0, 0.1) is 32.7 Å². The van der Waals surface area contributed by atoms with Gasteiger partial charge in [0, 0.05) is 46.3 Å². The van der Waals surface area contributed by atoms with Crippen molar-refractivity contribution in [2.75, 3.05) is 6.61 Å². The summed E-state index contributed by atoms with van der Waals surface area (Å²) in [6.45, 7) is -0.363. The number of rotatable bonds is 6. The molecule has 0 heterocycles. The van der Waals surface area contributed by atoms with Crippen LogP contribution in [0.5, 0.6) is 0 Å². The zero-order valence-corrected chi connectivity index (χ0v) is 29.3. The number of benzene rings is 5. The summed E-state index contributed by atoms with van der Waals surface area (Å²) in [7, 11) is 0. The van der Waals surface area contributed by atoms with Gasteiger partial charge in [-0.05, 0) is 150 Å². The predicted molar refractivity (Wildman–Crippen MR) is 206 cm³/mol. The smallest absolute Gasteiger partial charge is 0.158 e. The van der Waals surface area contributed by atoms with Crippen molar-refractivity contribution < 1.29 is 9.90 Å². The molecule has 18 rings (SSSR count). The Hall–Kier alpha value is -5.31. The fraction of sp³-hybridized carbons (Fsp3) is 0.250. The number of ketones is 1. The van der Waals surface area contributed by atoms with Gasteiger partial charge in [-0.2, -0.15) is 0 Å². The van der Waals surface area contributed by atoms with Crippen LogP contribution in [-0.4, -0.2) is 17.5 Å². The first-order valence-electron chi connectivity index (χ1n) is 20.5. The van der Waals surface area contributed by atoms with Gasteiger partial charge >= 0.3 is 0 Å². The average Bonchev–Trinajstić information content (AvgIpc) is 3.86. The molecule has 54 heavy (non-hydrogen) atoms. The maximum Gasteiger partial charge on any atom is 0.158 e. The number of allylic oxidation sites excluding steroid dienone is 8. The number of hydrogen-bond donors (Lipinski definition) is 1. The van der Waals surface area contributed by atoms with Crippen LogP contribution in [0.1, 0.15) is 93.0 Å². The van der Waals surface area contributed by atoms with E-state index in [9.17, 15) is 9.90 Å². The second-order valence-electron chi connectivity index (χ2n) is 19.0. The molecule has 9 unspecified atom stereocenters. The Morgan fingerprint density at radius 1 is 0.685 bits per heavy atom. The van der Waals surface area contributed by atoms with Gasteiger partial charge in [0.15, 0.2) is 5.78 Å². The minimum atomic E-state index is -0.363. The second kappa shape index (κ2) is 7.02. The first-order valence-corrected chi connectivity index (χ1v) is 20.5. The molecule has 2 nitrogen and oxygen atoms in total. The summed E-state index contributed by atoms with van der Waals surface area (Å²) < 4.78 is 0. The van der Waals surface area contributed by atoms with Crippen molar-refractivity contribution in [3.8, 4) is 11.1 Å². The summed E-state index contributed by atoms with van der Waals surface area (Å²) in [6.07, 6.45) is 17.8. The first-order chi connectivity index (χ1) is 26.7. The number of aliphatic hydroxyl groups excluding tert-OH is 1. The van der Waals surface area contributed by atoms with Crippen molar-refractivity contribution in [1.82, 2.24) is 0 Å². The van der Waals surface area contributed by atoms with E-state index in [4.69, 9.17) is 0 Å². The summed E-state index contributed by atoms with van der Waals surface area (Å²) in [5.74, 6) is 2.40. The molecule has 0 radical (unpaired) electrons. The fourth-order valence-electron chi connectivity index (χ4n) is 17.9. The van der Waals surface area contributed by atoms with Crippen LogP contribution in [0.4, 0.5) is 0 Å². The average molecular weight is 687 g/mol. The lowest BCUT2D eigenvalue weighted by Gasteiger charge is -2.44. The Kier molecular flexibility index (Phi) is 3.34. The molecule has 1 saturated carbocycles. The molecular formula is C52H30O2. The molecule has 5 aromatic rings. The van der Waals surface area contributed by atoms with E-state index in [0.29, 0.717) is 41.9 Å². The Labute approximate surface area is 308 Å². The summed E-state index contributed by atoms with van der Waals surface area (Å²) >= 11 is 0. The van der Waals surface area contributed by atoms with E-state index >= 15 is 0 Å². The van der Waals surface area contributed by atoms with E-state index < -0.39 is 0 Å². The van der Waals surface area contributed by atoms with E-state index in [0.717, 1.165) is 12.8 Å². The maximum absolute atomic E-state index is 13.0. The number of hydrogen-bond acceptors (Lipinski definition) is 2. The van der Waals surface area contributed by atoms with Crippen LogP contribution in [0.2, 0.25) is 0 Å². The summed E-state index contributed by atoms with van der Waals surface area (Å²) in [5.41, 5.74) is 23.9. The van der Waals surface area contributed by atoms with Gasteiger partial charge in [0.1, 0.15) is 6.61 Å². The first kappa shape index (κ1) is 25.7. The van der Waals surface area contributed by atoms with Gasteiger partial charge in [0.25, 0.3) is 0 Å². The zero-order valence-electron chi connectivity index (χ0n) is 29.3. The topological polar surface area (TPSA) is 37.3 Å². The highest BCUT2D eigenvalue weighted by atomic mass is 16.3. The molecule has 0 amide bonds. The molecule has 0 saturated heterocycles. The molecule has 250 valence electrons. The molecule has 13 aliphatic rings. The monoisotopic (exact) mass is 686 g/mol. The van der Waals surface area contributed by atoms with Crippen LogP contribution in [-0.2, 0) is 21.0 Å². The van der Waals surface area contributed by atoms with Gasteiger partial charge in [-0.1, -0.05) is 91.1 Å². The van der Waals surface area contributed by atoms with Crippen molar-refractivity contribution in [3.05, 3.63) is 178 Å². The number of fused-ring (bicyclic) bond motifs is 2. The van der Waals surface area contributed by atoms with Crippen molar-refractivity contribution in [1.29, 1.82) is 0 Å². The van der Waals surface area contributed by atoms with E-state index in [1.807, 2.05) is 0 Å². The lowest BCUT2D eigenvalue weighted by atomic mass is 9.58. The highest BCUT2D eigenvalue weighted by Crippen LogP contribution is 2.97. The molecule has 1 N–H and O–H groups in total. The van der Waals surface area contributed by atoms with Crippen molar-refractivity contribution >= 4 is 33.3 Å². The number of Topliss-reactive ketones (excluding diaryl/α,β-unsaturated/α-hetero) is 1. The molecule has 9 atom stereocenters. The van der Waals surface area contributed by atoms with Gasteiger partial charge in [-0.15, -0.1) is 0 Å². The second-order valence-corrected chi connectivity index (χ2v) is 19.0. The third kappa shape index (κ3) is 1.82. The van der Waals surface area contributed by atoms with Gasteiger partial charge in [-0.25, -0.2) is 0 Å². The lowest BCUT2D eigenvalue weighted by Crippen LogP contribution is -2.40. The Morgan fingerprint density at radius 2 is 1.52 bits per heavy atom. The number of aliphatic hydroxyl groups is 1. The Balaban J connectivity index is 1.19. The lowest BCUT2D eigenvalue weighted by molar-refractivity contribution is -0.121. The van der Waals surface area contributed by atoms with Gasteiger partial charge in [0.2, 0.25) is 0 Å². The molecule has 0 aliphatic heterocycles. The largest absolute Gasteiger partial charge is 0.389 e. The van der Waals surface area contributed by atoms with Crippen molar-refractivity contribution in [3.63, 3.8) is 0 Å². The number of carbonyl (C=O) groups is 1. The van der Waals surface area contributed by atoms with Crippen molar-refractivity contribution in [2.24, 2.45) is 11.8 Å².